The zero-order valence-electron chi connectivity index (χ0n) is 13.5. The van der Waals surface area contributed by atoms with Crippen molar-refractivity contribution in [2.75, 3.05) is 5.75 Å². The lowest BCUT2D eigenvalue weighted by Gasteiger charge is -2.02. The Hall–Kier alpha value is -1.99. The van der Waals surface area contributed by atoms with Crippen molar-refractivity contribution in [2.45, 2.75) is 24.8 Å². The summed E-state index contributed by atoms with van der Waals surface area (Å²) in [4.78, 5) is 17.7. The number of carbonyl (C=O) groups excluding carboxylic acids is 1. The molecule has 25 heavy (non-hydrogen) atoms. The van der Waals surface area contributed by atoms with Crippen LogP contribution in [0.2, 0.25) is 0 Å². The molecule has 1 heterocycles. The molecule has 0 bridgehead atoms. The molecule has 0 saturated carbocycles. The average molecular weight is 378 g/mol. The van der Waals surface area contributed by atoms with Crippen LogP contribution in [-0.4, -0.2) is 16.2 Å². The first-order valence-corrected chi connectivity index (χ1v) is 9.62. The zero-order valence-corrected chi connectivity index (χ0v) is 15.2. The van der Waals surface area contributed by atoms with Crippen LogP contribution in [0.1, 0.15) is 13.3 Å². The number of thioether (sulfide) groups is 1. The highest BCUT2D eigenvalue weighted by atomic mass is 32.2. The quantitative estimate of drug-likeness (QED) is 0.608. The number of hydrogen-bond acceptors (Lipinski definition) is 3. The van der Waals surface area contributed by atoms with Gasteiger partial charge in [0.15, 0.2) is 10.6 Å². The maximum absolute atomic E-state index is 14.1. The van der Waals surface area contributed by atoms with E-state index in [9.17, 15) is 13.6 Å². The molecule has 0 fully saturated rings. The van der Waals surface area contributed by atoms with E-state index in [1.165, 1.54) is 6.07 Å². The SMILES string of the molecule is CCn1c(=NC(=O)CCSc2ccccc2)sc2cc(F)cc(F)c21. The Labute approximate surface area is 152 Å². The number of thiazole rings is 1. The third-order valence-electron chi connectivity index (χ3n) is 3.56. The van der Waals surface area contributed by atoms with E-state index >= 15 is 0 Å². The number of nitrogens with zero attached hydrogens (tertiary/aromatic N) is 2. The van der Waals surface area contributed by atoms with Crippen molar-refractivity contribution >= 4 is 39.2 Å². The zero-order chi connectivity index (χ0) is 17.8. The van der Waals surface area contributed by atoms with Crippen LogP contribution in [0.25, 0.3) is 10.2 Å². The Morgan fingerprint density at radius 2 is 2.00 bits per heavy atom. The van der Waals surface area contributed by atoms with Crippen molar-refractivity contribution in [3.8, 4) is 0 Å². The summed E-state index contributed by atoms with van der Waals surface area (Å²) in [6.07, 6.45) is 0.286. The van der Waals surface area contributed by atoms with Crippen LogP contribution in [0.4, 0.5) is 8.78 Å². The fourth-order valence-electron chi connectivity index (χ4n) is 2.44. The summed E-state index contributed by atoms with van der Waals surface area (Å²) in [7, 11) is 0. The topological polar surface area (TPSA) is 34.4 Å². The second-order valence-electron chi connectivity index (χ2n) is 5.28. The first kappa shape index (κ1) is 17.8. The van der Waals surface area contributed by atoms with E-state index in [0.717, 1.165) is 22.3 Å². The van der Waals surface area contributed by atoms with Gasteiger partial charge in [-0.1, -0.05) is 29.5 Å². The van der Waals surface area contributed by atoms with E-state index in [1.54, 1.807) is 16.3 Å². The number of aromatic nitrogens is 1. The monoisotopic (exact) mass is 378 g/mol. The number of benzene rings is 2. The molecule has 0 atom stereocenters. The lowest BCUT2D eigenvalue weighted by molar-refractivity contribution is -0.117. The molecule has 7 heteroatoms. The van der Waals surface area contributed by atoms with Gasteiger partial charge in [0.25, 0.3) is 0 Å². The Bertz CT molecular complexity index is 964. The van der Waals surface area contributed by atoms with Crippen LogP contribution in [0, 0.1) is 11.6 Å². The van der Waals surface area contributed by atoms with Gasteiger partial charge in [-0.2, -0.15) is 4.99 Å². The Balaban J connectivity index is 1.80. The third kappa shape index (κ3) is 4.16. The first-order chi connectivity index (χ1) is 12.1. The van der Waals surface area contributed by atoms with Crippen LogP contribution in [0.15, 0.2) is 52.4 Å². The Morgan fingerprint density at radius 3 is 2.72 bits per heavy atom. The van der Waals surface area contributed by atoms with Gasteiger partial charge in [0, 0.05) is 29.7 Å². The number of amides is 1. The summed E-state index contributed by atoms with van der Waals surface area (Å²) in [5.41, 5.74) is 0.291. The molecule has 0 N–H and O–H groups in total. The van der Waals surface area contributed by atoms with Crippen LogP contribution in [0.5, 0.6) is 0 Å². The predicted molar refractivity (Wildman–Crippen MR) is 97.8 cm³/mol. The predicted octanol–water partition coefficient (Wildman–Crippen LogP) is 4.61. The number of fused-ring (bicyclic) bond motifs is 1. The summed E-state index contributed by atoms with van der Waals surface area (Å²) in [5.74, 6) is -0.918. The van der Waals surface area contributed by atoms with Gasteiger partial charge in [-0.3, -0.25) is 4.79 Å². The lowest BCUT2D eigenvalue weighted by atomic mass is 10.3. The summed E-state index contributed by atoms with van der Waals surface area (Å²) in [6, 6.07) is 11.9. The van der Waals surface area contributed by atoms with E-state index in [-0.39, 0.29) is 12.3 Å². The fourth-order valence-corrected chi connectivity index (χ4v) is 4.46. The van der Waals surface area contributed by atoms with Crippen molar-refractivity contribution in [2.24, 2.45) is 4.99 Å². The molecule has 3 nitrogen and oxygen atoms in total. The molecular weight excluding hydrogens is 362 g/mol. The molecule has 0 aliphatic rings. The minimum atomic E-state index is -0.637. The largest absolute Gasteiger partial charge is 0.314 e. The van der Waals surface area contributed by atoms with Crippen molar-refractivity contribution in [1.82, 2.24) is 4.57 Å². The summed E-state index contributed by atoms with van der Waals surface area (Å²) in [6.45, 7) is 2.29. The molecule has 3 aromatic rings. The maximum atomic E-state index is 14.1. The van der Waals surface area contributed by atoms with Gasteiger partial charge in [0.05, 0.1) is 10.2 Å². The number of halogens is 2. The van der Waals surface area contributed by atoms with Crippen LogP contribution >= 0.6 is 23.1 Å². The second-order valence-corrected chi connectivity index (χ2v) is 7.46. The molecule has 130 valence electrons. The second kappa shape index (κ2) is 7.93. The van der Waals surface area contributed by atoms with Gasteiger partial charge >= 0.3 is 0 Å². The first-order valence-electron chi connectivity index (χ1n) is 7.82. The number of aryl methyl sites for hydroxylation is 1. The molecule has 3 rings (SSSR count). The molecule has 0 aliphatic carbocycles. The third-order valence-corrected chi connectivity index (χ3v) is 5.60. The molecule has 0 unspecified atom stereocenters. The summed E-state index contributed by atoms with van der Waals surface area (Å²) in [5, 5.41) is 0. The van der Waals surface area contributed by atoms with Crippen molar-refractivity contribution in [1.29, 1.82) is 0 Å². The normalized spacial score (nSPS) is 12.0. The standard InChI is InChI=1S/C18H16F2N2OS2/c1-2-22-17-14(20)10-12(19)11-15(17)25-18(22)21-16(23)8-9-24-13-6-4-3-5-7-13/h3-7,10-11H,2,8-9H2,1H3. The number of hydrogen-bond donors (Lipinski definition) is 0. The van der Waals surface area contributed by atoms with Crippen LogP contribution in [-0.2, 0) is 11.3 Å². The van der Waals surface area contributed by atoms with E-state index in [2.05, 4.69) is 4.99 Å². The Kier molecular flexibility index (Phi) is 5.65. The van der Waals surface area contributed by atoms with Crippen LogP contribution < -0.4 is 4.80 Å². The van der Waals surface area contributed by atoms with Gasteiger partial charge in [-0.05, 0) is 25.1 Å². The Morgan fingerprint density at radius 1 is 1.24 bits per heavy atom. The molecule has 0 saturated heterocycles. The average Bonchev–Trinajstić information content (AvgIpc) is 2.92. The van der Waals surface area contributed by atoms with Gasteiger partial charge < -0.3 is 4.57 Å². The van der Waals surface area contributed by atoms with Gasteiger partial charge in [0.1, 0.15) is 5.82 Å². The van der Waals surface area contributed by atoms with Crippen molar-refractivity contribution in [3.63, 3.8) is 0 Å². The molecule has 1 aromatic heterocycles. The summed E-state index contributed by atoms with van der Waals surface area (Å²) >= 11 is 2.71. The van der Waals surface area contributed by atoms with Gasteiger partial charge in [-0.15, -0.1) is 11.8 Å². The molecule has 0 radical (unpaired) electrons. The number of rotatable bonds is 5. The highest BCUT2D eigenvalue weighted by Gasteiger charge is 2.12. The minimum Gasteiger partial charge on any atom is -0.314 e. The van der Waals surface area contributed by atoms with E-state index < -0.39 is 11.6 Å². The minimum absolute atomic E-state index is 0.266. The fraction of sp³-hybridized carbons (Fsp3) is 0.222. The molecular formula is C18H16F2N2OS2. The van der Waals surface area contributed by atoms with Crippen LogP contribution in [0.3, 0.4) is 0 Å². The maximum Gasteiger partial charge on any atom is 0.249 e. The van der Waals surface area contributed by atoms with Crippen molar-refractivity contribution in [3.05, 3.63) is 58.9 Å². The smallest absolute Gasteiger partial charge is 0.249 e. The highest BCUT2D eigenvalue weighted by molar-refractivity contribution is 7.99. The summed E-state index contributed by atoms with van der Waals surface area (Å²) < 4.78 is 29.5. The molecule has 0 aliphatic heterocycles. The highest BCUT2D eigenvalue weighted by Crippen LogP contribution is 2.22. The van der Waals surface area contributed by atoms with Crippen molar-refractivity contribution < 1.29 is 13.6 Å². The lowest BCUT2D eigenvalue weighted by Crippen LogP contribution is -2.16. The van der Waals surface area contributed by atoms with Gasteiger partial charge in [-0.25, -0.2) is 8.78 Å². The number of carbonyl (C=O) groups is 1. The molecule has 0 spiro atoms. The van der Waals surface area contributed by atoms with E-state index in [0.29, 0.717) is 27.3 Å². The molecule has 1 amide bonds. The van der Waals surface area contributed by atoms with Gasteiger partial charge in [0.2, 0.25) is 5.91 Å². The molecule has 2 aromatic carbocycles. The van der Waals surface area contributed by atoms with E-state index in [4.69, 9.17) is 0 Å². The van der Waals surface area contributed by atoms with E-state index in [1.807, 2.05) is 37.3 Å².